The van der Waals surface area contributed by atoms with E-state index in [1.807, 2.05) is 41.5 Å². The number of hydrogen-bond acceptors (Lipinski definition) is 2. The Hall–Kier alpha value is -1.06. The summed E-state index contributed by atoms with van der Waals surface area (Å²) in [5.41, 5.74) is -0.553. The fourth-order valence-electron chi connectivity index (χ4n) is 2.67. The Balaban J connectivity index is 4.29. The van der Waals surface area contributed by atoms with Gasteiger partial charge in [-0.15, -0.1) is 0 Å². The molecule has 0 heterocycles. The molecule has 0 bridgehead atoms. The summed E-state index contributed by atoms with van der Waals surface area (Å²) in [5.74, 6) is 0.761. The van der Waals surface area contributed by atoms with Gasteiger partial charge >= 0.3 is 0 Å². The number of hydrogen-bond donors (Lipinski definition) is 2. The predicted octanol–water partition coefficient (Wildman–Crippen LogP) is 4.53. The Kier molecular flexibility index (Phi) is 9.18. The van der Waals surface area contributed by atoms with Crippen molar-refractivity contribution in [3.63, 3.8) is 0 Å². The minimum absolute atomic E-state index is 0.0472. The SMILES string of the molecule is CCC(C)(C)C(=O)NCCC(C)CC(C)(C)CNC(=O)C(C)(C)CC. The van der Waals surface area contributed by atoms with Crippen molar-refractivity contribution >= 4 is 11.8 Å². The van der Waals surface area contributed by atoms with Crippen molar-refractivity contribution in [2.24, 2.45) is 22.2 Å². The highest BCUT2D eigenvalue weighted by Gasteiger charge is 2.28. The van der Waals surface area contributed by atoms with E-state index < -0.39 is 0 Å². The van der Waals surface area contributed by atoms with E-state index in [4.69, 9.17) is 0 Å². The monoisotopic (exact) mass is 354 g/mol. The largest absolute Gasteiger partial charge is 0.356 e. The second-order valence-electron chi connectivity index (χ2n) is 9.68. The molecule has 2 N–H and O–H groups in total. The molecule has 0 rings (SSSR count). The quantitative estimate of drug-likeness (QED) is 0.572. The normalized spacial score (nSPS) is 14.1. The van der Waals surface area contributed by atoms with Crippen LogP contribution in [0, 0.1) is 22.2 Å². The van der Waals surface area contributed by atoms with Gasteiger partial charge in [-0.1, -0.05) is 62.3 Å². The molecule has 1 unspecified atom stereocenters. The molecule has 4 heteroatoms. The van der Waals surface area contributed by atoms with E-state index in [1.54, 1.807) is 0 Å². The molecule has 0 radical (unpaired) electrons. The van der Waals surface area contributed by atoms with E-state index in [2.05, 4.69) is 31.4 Å². The second-order valence-corrected chi connectivity index (χ2v) is 9.68. The van der Waals surface area contributed by atoms with Crippen LogP contribution >= 0.6 is 0 Å². The maximum atomic E-state index is 12.2. The molecule has 0 aliphatic rings. The standard InChI is InChI=1S/C21H42N2O2/c1-10-20(6,7)17(24)22-13-12-16(3)14-19(4,5)15-23-18(25)21(8,9)11-2/h16H,10-15H2,1-9H3,(H,22,24)(H,23,25). The van der Waals surface area contributed by atoms with Gasteiger partial charge in [0.15, 0.2) is 0 Å². The van der Waals surface area contributed by atoms with E-state index in [0.29, 0.717) is 19.0 Å². The van der Waals surface area contributed by atoms with E-state index in [0.717, 1.165) is 25.7 Å². The first kappa shape index (κ1) is 23.9. The topological polar surface area (TPSA) is 58.2 Å². The zero-order chi connectivity index (χ0) is 19.9. The van der Waals surface area contributed by atoms with E-state index in [9.17, 15) is 9.59 Å². The van der Waals surface area contributed by atoms with Crippen LogP contribution in [0.1, 0.15) is 88.0 Å². The van der Waals surface area contributed by atoms with Crippen molar-refractivity contribution in [2.45, 2.75) is 88.0 Å². The van der Waals surface area contributed by atoms with Crippen LogP contribution < -0.4 is 10.6 Å². The lowest BCUT2D eigenvalue weighted by molar-refractivity contribution is -0.130. The molecule has 0 aliphatic carbocycles. The molecule has 0 aliphatic heterocycles. The average molecular weight is 355 g/mol. The Morgan fingerprint density at radius 1 is 0.840 bits per heavy atom. The zero-order valence-electron chi connectivity index (χ0n) is 18.1. The van der Waals surface area contributed by atoms with Gasteiger partial charge in [0.05, 0.1) is 0 Å². The minimum Gasteiger partial charge on any atom is -0.356 e. The van der Waals surface area contributed by atoms with Gasteiger partial charge in [0.2, 0.25) is 11.8 Å². The predicted molar refractivity (Wildman–Crippen MR) is 106 cm³/mol. The average Bonchev–Trinajstić information content (AvgIpc) is 2.51. The van der Waals surface area contributed by atoms with Crippen molar-refractivity contribution < 1.29 is 9.59 Å². The van der Waals surface area contributed by atoms with Gasteiger partial charge in [-0.25, -0.2) is 0 Å². The molecule has 0 spiro atoms. The van der Waals surface area contributed by atoms with Crippen molar-refractivity contribution in [1.82, 2.24) is 10.6 Å². The second kappa shape index (κ2) is 9.59. The van der Waals surface area contributed by atoms with Crippen molar-refractivity contribution in [2.75, 3.05) is 13.1 Å². The molecule has 2 amide bonds. The lowest BCUT2D eigenvalue weighted by atomic mass is 9.81. The summed E-state index contributed by atoms with van der Waals surface area (Å²) in [6.45, 7) is 20.0. The summed E-state index contributed by atoms with van der Waals surface area (Å²) in [5, 5.41) is 6.17. The highest BCUT2D eigenvalue weighted by Crippen LogP contribution is 2.27. The van der Waals surface area contributed by atoms with Crippen LogP contribution in [0.5, 0.6) is 0 Å². The van der Waals surface area contributed by atoms with Gasteiger partial charge in [-0.2, -0.15) is 0 Å². The van der Waals surface area contributed by atoms with Crippen LogP contribution in [0.3, 0.4) is 0 Å². The van der Waals surface area contributed by atoms with Crippen LogP contribution in [0.25, 0.3) is 0 Å². The third-order valence-corrected chi connectivity index (χ3v) is 5.55. The first-order valence-corrected chi connectivity index (χ1v) is 9.84. The van der Waals surface area contributed by atoms with Crippen molar-refractivity contribution in [1.29, 1.82) is 0 Å². The highest BCUT2D eigenvalue weighted by atomic mass is 16.2. The molecule has 1 atom stereocenters. The summed E-state index contributed by atoms with van der Waals surface area (Å²) in [4.78, 5) is 24.3. The molecule has 0 fully saturated rings. The number of carbonyl (C=O) groups is 2. The van der Waals surface area contributed by atoms with Crippen molar-refractivity contribution in [3.8, 4) is 0 Å². The summed E-state index contributed by atoms with van der Waals surface area (Å²) in [6.07, 6.45) is 3.66. The van der Waals surface area contributed by atoms with Gasteiger partial charge in [0.25, 0.3) is 0 Å². The summed E-state index contributed by atoms with van der Waals surface area (Å²) in [6, 6.07) is 0. The Bertz CT molecular complexity index is 439. The summed E-state index contributed by atoms with van der Waals surface area (Å²) >= 11 is 0. The molecule has 4 nitrogen and oxygen atoms in total. The van der Waals surface area contributed by atoms with E-state index in [-0.39, 0.29) is 28.1 Å². The van der Waals surface area contributed by atoms with Gasteiger partial charge in [-0.3, -0.25) is 9.59 Å². The summed E-state index contributed by atoms with van der Waals surface area (Å²) in [7, 11) is 0. The van der Waals surface area contributed by atoms with E-state index in [1.165, 1.54) is 0 Å². The van der Waals surface area contributed by atoms with Crippen molar-refractivity contribution in [3.05, 3.63) is 0 Å². The first-order chi connectivity index (χ1) is 11.3. The smallest absolute Gasteiger partial charge is 0.225 e. The fraction of sp³-hybridized carbons (Fsp3) is 0.905. The lowest BCUT2D eigenvalue weighted by Gasteiger charge is -2.31. The molecule has 0 saturated heterocycles. The van der Waals surface area contributed by atoms with Crippen LogP contribution in [-0.4, -0.2) is 24.9 Å². The van der Waals surface area contributed by atoms with Gasteiger partial charge in [0.1, 0.15) is 0 Å². The first-order valence-electron chi connectivity index (χ1n) is 9.84. The highest BCUT2D eigenvalue weighted by molar-refractivity contribution is 5.82. The minimum atomic E-state index is -0.307. The third-order valence-electron chi connectivity index (χ3n) is 5.55. The molecule has 0 aromatic rings. The van der Waals surface area contributed by atoms with Gasteiger partial charge in [0, 0.05) is 23.9 Å². The third kappa shape index (κ3) is 8.73. The Labute approximate surface area is 155 Å². The van der Waals surface area contributed by atoms with Crippen LogP contribution in [0.2, 0.25) is 0 Å². The van der Waals surface area contributed by atoms with Crippen LogP contribution in [0.4, 0.5) is 0 Å². The Morgan fingerprint density at radius 2 is 1.28 bits per heavy atom. The number of amides is 2. The Morgan fingerprint density at radius 3 is 1.72 bits per heavy atom. The van der Waals surface area contributed by atoms with Crippen LogP contribution in [-0.2, 0) is 9.59 Å². The number of nitrogens with one attached hydrogen (secondary N) is 2. The molecule has 148 valence electrons. The number of rotatable bonds is 11. The molecule has 0 aromatic heterocycles. The maximum Gasteiger partial charge on any atom is 0.225 e. The zero-order valence-corrected chi connectivity index (χ0v) is 18.1. The molecular formula is C21H42N2O2. The molecule has 25 heavy (non-hydrogen) atoms. The fourth-order valence-corrected chi connectivity index (χ4v) is 2.67. The van der Waals surface area contributed by atoms with Gasteiger partial charge in [-0.05, 0) is 37.0 Å². The number of carbonyl (C=O) groups excluding carboxylic acids is 2. The molecule has 0 saturated carbocycles. The van der Waals surface area contributed by atoms with Crippen LogP contribution in [0.15, 0.2) is 0 Å². The molecular weight excluding hydrogens is 312 g/mol. The van der Waals surface area contributed by atoms with E-state index >= 15 is 0 Å². The lowest BCUT2D eigenvalue weighted by Crippen LogP contribution is -2.42. The maximum absolute atomic E-state index is 12.2. The summed E-state index contributed by atoms with van der Waals surface area (Å²) < 4.78 is 0. The molecule has 0 aromatic carbocycles. The van der Waals surface area contributed by atoms with Gasteiger partial charge < -0.3 is 10.6 Å².